The highest BCUT2D eigenvalue weighted by molar-refractivity contribution is 5.81. The van der Waals surface area contributed by atoms with Gasteiger partial charge in [0.2, 0.25) is 0 Å². The molecule has 4 rings (SSSR count). The lowest BCUT2D eigenvalue weighted by Gasteiger charge is -2.36. The van der Waals surface area contributed by atoms with Crippen LogP contribution in [-0.2, 0) is 20.8 Å². The molecule has 0 saturated carbocycles. The van der Waals surface area contributed by atoms with Gasteiger partial charge in [0.25, 0.3) is 5.91 Å². The summed E-state index contributed by atoms with van der Waals surface area (Å²) in [5.41, 5.74) is 2.03. The molecule has 2 aliphatic rings. The zero-order valence-electron chi connectivity index (χ0n) is 13.6. The summed E-state index contributed by atoms with van der Waals surface area (Å²) in [6.07, 6.45) is 3.65. The van der Waals surface area contributed by atoms with Gasteiger partial charge in [0.15, 0.2) is 6.10 Å². The van der Waals surface area contributed by atoms with Gasteiger partial charge in [0.05, 0.1) is 25.5 Å². The van der Waals surface area contributed by atoms with Crippen LogP contribution in [0.25, 0.3) is 5.65 Å². The summed E-state index contributed by atoms with van der Waals surface area (Å²) >= 11 is 0. The summed E-state index contributed by atoms with van der Waals surface area (Å²) < 4.78 is 12.9. The Hall–Kier alpha value is -1.96. The number of hydrogen-bond donors (Lipinski definition) is 0. The highest BCUT2D eigenvalue weighted by atomic mass is 16.6. The number of hydrogen-bond acceptors (Lipinski definition) is 5. The standard InChI is InChI=1S/C17H22N4O3/c22-17(15-13-23-9-10-24-15)20-7-5-19(6-8-20)11-14-12-21-4-2-1-3-16(21)18-14/h1-4,12,15H,5-11,13H2/t15-/m0/s1. The van der Waals surface area contributed by atoms with Crippen LogP contribution in [0.5, 0.6) is 0 Å². The van der Waals surface area contributed by atoms with Gasteiger partial charge < -0.3 is 18.8 Å². The van der Waals surface area contributed by atoms with Gasteiger partial charge in [0, 0.05) is 45.1 Å². The van der Waals surface area contributed by atoms with E-state index in [1.165, 1.54) is 0 Å². The first-order valence-corrected chi connectivity index (χ1v) is 8.43. The quantitative estimate of drug-likeness (QED) is 0.815. The number of aromatic nitrogens is 2. The molecule has 0 aromatic carbocycles. The molecule has 128 valence electrons. The number of piperazine rings is 1. The van der Waals surface area contributed by atoms with Gasteiger partial charge in [-0.1, -0.05) is 6.07 Å². The lowest BCUT2D eigenvalue weighted by molar-refractivity contribution is -0.159. The zero-order chi connectivity index (χ0) is 16.4. The summed E-state index contributed by atoms with van der Waals surface area (Å²) in [6.45, 7) is 5.44. The normalized spacial score (nSPS) is 22.8. The molecule has 7 nitrogen and oxygen atoms in total. The smallest absolute Gasteiger partial charge is 0.254 e. The van der Waals surface area contributed by atoms with E-state index in [-0.39, 0.29) is 5.91 Å². The highest BCUT2D eigenvalue weighted by Crippen LogP contribution is 2.12. The fraction of sp³-hybridized carbons (Fsp3) is 0.529. The third kappa shape index (κ3) is 3.28. The van der Waals surface area contributed by atoms with Gasteiger partial charge in [-0.15, -0.1) is 0 Å². The molecule has 2 saturated heterocycles. The Labute approximate surface area is 140 Å². The molecule has 1 atom stereocenters. The predicted octanol–water partition coefficient (Wildman–Crippen LogP) is 0.394. The van der Waals surface area contributed by atoms with Gasteiger partial charge >= 0.3 is 0 Å². The number of fused-ring (bicyclic) bond motifs is 1. The minimum absolute atomic E-state index is 0.0575. The van der Waals surface area contributed by atoms with E-state index in [1.54, 1.807) is 0 Å². The van der Waals surface area contributed by atoms with Gasteiger partial charge in [-0.2, -0.15) is 0 Å². The van der Waals surface area contributed by atoms with Gasteiger partial charge in [-0.3, -0.25) is 9.69 Å². The number of carbonyl (C=O) groups excluding carboxylic acids is 1. The number of nitrogens with zero attached hydrogens (tertiary/aromatic N) is 4. The molecule has 2 fully saturated rings. The SMILES string of the molecule is O=C([C@@H]1COCCO1)N1CCN(Cc2cn3ccccc3n2)CC1. The first kappa shape index (κ1) is 15.6. The van der Waals surface area contributed by atoms with E-state index in [0.29, 0.717) is 19.8 Å². The van der Waals surface area contributed by atoms with Crippen molar-refractivity contribution in [2.75, 3.05) is 46.0 Å². The molecule has 0 radical (unpaired) electrons. The van der Waals surface area contributed by atoms with Crippen molar-refractivity contribution < 1.29 is 14.3 Å². The van der Waals surface area contributed by atoms with Crippen molar-refractivity contribution in [1.29, 1.82) is 0 Å². The van der Waals surface area contributed by atoms with Crippen molar-refractivity contribution >= 4 is 11.6 Å². The molecule has 0 unspecified atom stereocenters. The topological polar surface area (TPSA) is 59.3 Å². The summed E-state index contributed by atoms with van der Waals surface area (Å²) in [6, 6.07) is 6.00. The average Bonchev–Trinajstić information content (AvgIpc) is 3.05. The first-order chi connectivity index (χ1) is 11.8. The maximum Gasteiger partial charge on any atom is 0.254 e. The van der Waals surface area contributed by atoms with Crippen LogP contribution < -0.4 is 0 Å². The van der Waals surface area contributed by atoms with E-state index in [1.807, 2.05) is 33.7 Å². The molecule has 0 N–H and O–H groups in total. The molecule has 0 spiro atoms. The number of imidazole rings is 1. The van der Waals surface area contributed by atoms with E-state index < -0.39 is 6.10 Å². The summed E-state index contributed by atoms with van der Waals surface area (Å²) in [5.74, 6) is 0.0575. The molecule has 2 aromatic heterocycles. The Morgan fingerprint density at radius 3 is 2.83 bits per heavy atom. The number of pyridine rings is 1. The van der Waals surface area contributed by atoms with Crippen molar-refractivity contribution in [3.05, 3.63) is 36.3 Å². The lowest BCUT2D eigenvalue weighted by atomic mass is 10.2. The van der Waals surface area contributed by atoms with Crippen LogP contribution in [-0.4, -0.2) is 77.2 Å². The van der Waals surface area contributed by atoms with Gasteiger partial charge in [-0.25, -0.2) is 4.98 Å². The van der Waals surface area contributed by atoms with E-state index in [9.17, 15) is 4.79 Å². The van der Waals surface area contributed by atoms with E-state index in [4.69, 9.17) is 9.47 Å². The second kappa shape index (κ2) is 6.88. The summed E-state index contributed by atoms with van der Waals surface area (Å²) in [7, 11) is 0. The number of ether oxygens (including phenoxy) is 2. The molecular weight excluding hydrogens is 308 g/mol. The van der Waals surface area contributed by atoms with Gasteiger partial charge in [-0.05, 0) is 12.1 Å². The average molecular weight is 330 g/mol. The Kier molecular flexibility index (Phi) is 4.46. The Morgan fingerprint density at radius 2 is 2.08 bits per heavy atom. The van der Waals surface area contributed by atoms with Crippen molar-refractivity contribution in [2.45, 2.75) is 12.6 Å². The third-order valence-corrected chi connectivity index (χ3v) is 4.57. The second-order valence-electron chi connectivity index (χ2n) is 6.23. The molecule has 24 heavy (non-hydrogen) atoms. The van der Waals surface area contributed by atoms with E-state index in [2.05, 4.69) is 16.1 Å². The maximum atomic E-state index is 12.4. The van der Waals surface area contributed by atoms with Crippen molar-refractivity contribution in [2.24, 2.45) is 0 Å². The van der Waals surface area contributed by atoms with Crippen LogP contribution in [0.1, 0.15) is 5.69 Å². The monoisotopic (exact) mass is 330 g/mol. The molecule has 2 aromatic rings. The van der Waals surface area contributed by atoms with Crippen molar-refractivity contribution in [3.8, 4) is 0 Å². The van der Waals surface area contributed by atoms with Crippen LogP contribution in [0.15, 0.2) is 30.6 Å². The van der Waals surface area contributed by atoms with Crippen molar-refractivity contribution in [1.82, 2.24) is 19.2 Å². The molecule has 7 heteroatoms. The predicted molar refractivity (Wildman–Crippen MR) is 87.6 cm³/mol. The Balaban J connectivity index is 1.31. The molecule has 2 aliphatic heterocycles. The zero-order valence-corrected chi connectivity index (χ0v) is 13.6. The fourth-order valence-corrected chi connectivity index (χ4v) is 3.25. The summed E-state index contributed by atoms with van der Waals surface area (Å²) in [5, 5.41) is 0. The van der Waals surface area contributed by atoms with Crippen LogP contribution in [0.4, 0.5) is 0 Å². The largest absolute Gasteiger partial charge is 0.376 e. The Bertz CT molecular complexity index is 670. The van der Waals surface area contributed by atoms with Crippen LogP contribution >= 0.6 is 0 Å². The number of rotatable bonds is 3. The number of amides is 1. The van der Waals surface area contributed by atoms with E-state index in [0.717, 1.165) is 44.1 Å². The second-order valence-corrected chi connectivity index (χ2v) is 6.23. The molecule has 1 amide bonds. The fourth-order valence-electron chi connectivity index (χ4n) is 3.25. The maximum absolute atomic E-state index is 12.4. The van der Waals surface area contributed by atoms with Crippen LogP contribution in [0.2, 0.25) is 0 Å². The molecule has 0 aliphatic carbocycles. The van der Waals surface area contributed by atoms with E-state index >= 15 is 0 Å². The summed E-state index contributed by atoms with van der Waals surface area (Å²) in [4.78, 5) is 21.3. The van der Waals surface area contributed by atoms with Crippen molar-refractivity contribution in [3.63, 3.8) is 0 Å². The Morgan fingerprint density at radius 1 is 1.21 bits per heavy atom. The minimum atomic E-state index is -0.427. The highest BCUT2D eigenvalue weighted by Gasteiger charge is 2.29. The van der Waals surface area contributed by atoms with Crippen LogP contribution in [0, 0.1) is 0 Å². The molecule has 0 bridgehead atoms. The minimum Gasteiger partial charge on any atom is -0.376 e. The molecule has 4 heterocycles. The first-order valence-electron chi connectivity index (χ1n) is 8.43. The molecular formula is C17H22N4O3. The van der Waals surface area contributed by atoms with Crippen LogP contribution in [0.3, 0.4) is 0 Å². The third-order valence-electron chi connectivity index (χ3n) is 4.57. The lowest BCUT2D eigenvalue weighted by Crippen LogP contribution is -2.53. The van der Waals surface area contributed by atoms with Gasteiger partial charge in [0.1, 0.15) is 5.65 Å². The number of carbonyl (C=O) groups is 1.